The maximum atomic E-state index is 13.0. The lowest BCUT2D eigenvalue weighted by molar-refractivity contribution is 0.0529. The zero-order valence-electron chi connectivity index (χ0n) is 20.7. The summed E-state index contributed by atoms with van der Waals surface area (Å²) >= 11 is 1.24. The van der Waals surface area contributed by atoms with Crippen LogP contribution in [-0.2, 0) is 4.74 Å². The number of thiophene rings is 1. The number of hydrogen-bond donors (Lipinski definition) is 1. The van der Waals surface area contributed by atoms with E-state index in [1.54, 1.807) is 37.3 Å². The van der Waals surface area contributed by atoms with Gasteiger partial charge in [-0.25, -0.2) is 4.79 Å². The van der Waals surface area contributed by atoms with Crippen LogP contribution in [0.15, 0.2) is 78.2 Å². The lowest BCUT2D eigenvalue weighted by atomic mass is 9.97. The van der Waals surface area contributed by atoms with Crippen LogP contribution in [0.1, 0.15) is 59.5 Å². The van der Waals surface area contributed by atoms with Crippen molar-refractivity contribution in [3.05, 3.63) is 112 Å². The molecule has 0 saturated carbocycles. The number of nitrogens with one attached hydrogen (secondary N) is 1. The van der Waals surface area contributed by atoms with Crippen molar-refractivity contribution in [2.75, 3.05) is 11.9 Å². The molecule has 0 fully saturated rings. The van der Waals surface area contributed by atoms with E-state index in [1.807, 2.05) is 37.4 Å². The first-order chi connectivity index (χ1) is 17.8. The number of anilines is 1. The number of esters is 1. The van der Waals surface area contributed by atoms with Crippen molar-refractivity contribution in [3.63, 3.8) is 0 Å². The Bertz CT molecular complexity index is 1490. The Kier molecular flexibility index (Phi) is 7.74. The minimum absolute atomic E-state index is 0.186. The molecule has 6 nitrogen and oxygen atoms in total. The van der Waals surface area contributed by atoms with E-state index in [2.05, 4.69) is 5.32 Å². The Morgan fingerprint density at radius 3 is 2.03 bits per heavy atom. The molecule has 1 aromatic heterocycles. The number of benzene rings is 3. The van der Waals surface area contributed by atoms with Crippen molar-refractivity contribution in [1.29, 1.82) is 0 Å². The number of rotatable bonds is 8. The van der Waals surface area contributed by atoms with Crippen LogP contribution in [0.5, 0.6) is 0 Å². The van der Waals surface area contributed by atoms with Crippen LogP contribution in [0.2, 0.25) is 0 Å². The first-order valence-electron chi connectivity index (χ1n) is 11.7. The van der Waals surface area contributed by atoms with E-state index >= 15 is 0 Å². The van der Waals surface area contributed by atoms with Gasteiger partial charge in [-0.3, -0.25) is 14.4 Å². The normalized spacial score (nSPS) is 10.6. The van der Waals surface area contributed by atoms with Gasteiger partial charge in [0, 0.05) is 27.6 Å². The van der Waals surface area contributed by atoms with Crippen molar-refractivity contribution in [2.24, 2.45) is 0 Å². The molecule has 4 rings (SSSR count). The fourth-order valence-corrected chi connectivity index (χ4v) is 4.91. The number of hydrogen-bond acceptors (Lipinski definition) is 6. The number of ether oxygens (including phenoxy) is 1. The molecule has 1 heterocycles. The fraction of sp³-hybridized carbons (Fsp3) is 0.133. The number of carbonyl (C=O) groups excluding carboxylic acids is 4. The molecule has 0 bridgehead atoms. The van der Waals surface area contributed by atoms with E-state index in [4.69, 9.17) is 4.74 Å². The van der Waals surface area contributed by atoms with Crippen LogP contribution >= 0.6 is 11.3 Å². The summed E-state index contributed by atoms with van der Waals surface area (Å²) in [6, 6.07) is 20.1. The van der Waals surface area contributed by atoms with E-state index in [0.717, 1.165) is 16.7 Å². The maximum Gasteiger partial charge on any atom is 0.341 e. The van der Waals surface area contributed by atoms with Crippen molar-refractivity contribution in [2.45, 2.75) is 20.8 Å². The molecule has 0 saturated heterocycles. The minimum Gasteiger partial charge on any atom is -0.462 e. The number of amides is 1. The second-order valence-corrected chi connectivity index (χ2v) is 9.33. The summed E-state index contributed by atoms with van der Waals surface area (Å²) in [5, 5.41) is 5.01. The molecule has 0 unspecified atom stereocenters. The van der Waals surface area contributed by atoms with Gasteiger partial charge in [0.05, 0.1) is 6.61 Å². The molecule has 4 aromatic rings. The van der Waals surface area contributed by atoms with Crippen LogP contribution in [-0.4, -0.2) is 30.0 Å². The topological polar surface area (TPSA) is 89.5 Å². The molecule has 186 valence electrons. The van der Waals surface area contributed by atoms with Gasteiger partial charge in [0.25, 0.3) is 5.91 Å². The van der Waals surface area contributed by atoms with Crippen molar-refractivity contribution < 1.29 is 23.9 Å². The van der Waals surface area contributed by atoms with Gasteiger partial charge in [-0.05, 0) is 44.0 Å². The smallest absolute Gasteiger partial charge is 0.341 e. The van der Waals surface area contributed by atoms with Crippen LogP contribution in [0.3, 0.4) is 0 Å². The standard InChI is InChI=1S/C30H25NO5S/c1-4-36-30(35)25-24(23-15-10-18(2)16-19(23)3)17-37-29(25)31-28(34)22-13-11-21(12-14-22)27(33)26(32)20-8-6-5-7-9-20/h5-17H,4H2,1-3H3,(H,31,34). The molecule has 7 heteroatoms. The number of carbonyl (C=O) groups is 4. The van der Waals surface area contributed by atoms with Crippen molar-refractivity contribution in [1.82, 2.24) is 0 Å². The van der Waals surface area contributed by atoms with Gasteiger partial charge in [0.15, 0.2) is 0 Å². The summed E-state index contributed by atoms with van der Waals surface area (Å²) in [6.07, 6.45) is 0. The monoisotopic (exact) mass is 511 g/mol. The number of aryl methyl sites for hydroxylation is 2. The summed E-state index contributed by atoms with van der Waals surface area (Å²) in [6.45, 7) is 5.90. The largest absolute Gasteiger partial charge is 0.462 e. The van der Waals surface area contributed by atoms with E-state index in [0.29, 0.717) is 21.7 Å². The minimum atomic E-state index is -0.654. The first-order valence-corrected chi connectivity index (χ1v) is 12.6. The Balaban J connectivity index is 1.58. The molecular weight excluding hydrogens is 486 g/mol. The predicted octanol–water partition coefficient (Wildman–Crippen LogP) is 6.53. The maximum absolute atomic E-state index is 13.0. The van der Waals surface area contributed by atoms with Crippen LogP contribution in [0.25, 0.3) is 11.1 Å². The Morgan fingerprint density at radius 1 is 0.784 bits per heavy atom. The molecule has 0 spiro atoms. The number of Topliss-reactive ketones (excluding diaryl/α,β-unsaturated/α-hetero) is 2. The van der Waals surface area contributed by atoms with Crippen LogP contribution < -0.4 is 5.32 Å². The predicted molar refractivity (Wildman–Crippen MR) is 145 cm³/mol. The molecule has 37 heavy (non-hydrogen) atoms. The van der Waals surface area contributed by atoms with E-state index in [1.165, 1.54) is 35.6 Å². The summed E-state index contributed by atoms with van der Waals surface area (Å²) < 4.78 is 5.29. The molecule has 1 amide bonds. The third-order valence-electron chi connectivity index (χ3n) is 5.82. The lowest BCUT2D eigenvalue weighted by Gasteiger charge is -2.11. The highest BCUT2D eigenvalue weighted by atomic mass is 32.1. The second kappa shape index (κ2) is 11.1. The Morgan fingerprint density at radius 2 is 1.41 bits per heavy atom. The summed E-state index contributed by atoms with van der Waals surface area (Å²) in [4.78, 5) is 50.9. The highest BCUT2D eigenvalue weighted by Gasteiger charge is 2.24. The fourth-order valence-electron chi connectivity index (χ4n) is 3.97. The zero-order chi connectivity index (χ0) is 26.5. The van der Waals surface area contributed by atoms with Gasteiger partial charge in [-0.2, -0.15) is 0 Å². The summed E-state index contributed by atoms with van der Waals surface area (Å²) in [5.74, 6) is -2.24. The van der Waals surface area contributed by atoms with Crippen molar-refractivity contribution >= 4 is 39.8 Å². The quantitative estimate of drug-likeness (QED) is 0.165. The summed E-state index contributed by atoms with van der Waals surface area (Å²) in [5.41, 5.74) is 4.76. The highest BCUT2D eigenvalue weighted by Crippen LogP contribution is 2.38. The lowest BCUT2D eigenvalue weighted by Crippen LogP contribution is -2.16. The van der Waals surface area contributed by atoms with Crippen LogP contribution in [0.4, 0.5) is 5.00 Å². The summed E-state index contributed by atoms with van der Waals surface area (Å²) in [7, 11) is 0. The Hall–Kier alpha value is -4.36. The van der Waals surface area contributed by atoms with Gasteiger partial charge >= 0.3 is 5.97 Å². The molecule has 1 N–H and O–H groups in total. The zero-order valence-corrected chi connectivity index (χ0v) is 21.5. The van der Waals surface area contributed by atoms with Gasteiger partial charge in [0.1, 0.15) is 10.6 Å². The number of ketones is 2. The van der Waals surface area contributed by atoms with E-state index in [-0.39, 0.29) is 17.7 Å². The third kappa shape index (κ3) is 5.57. The first kappa shape index (κ1) is 25.7. The van der Waals surface area contributed by atoms with Gasteiger partial charge in [0.2, 0.25) is 11.6 Å². The third-order valence-corrected chi connectivity index (χ3v) is 6.72. The van der Waals surface area contributed by atoms with Gasteiger partial charge < -0.3 is 10.1 Å². The molecule has 0 atom stereocenters. The molecule has 0 aliphatic carbocycles. The molecule has 0 aliphatic heterocycles. The van der Waals surface area contributed by atoms with Gasteiger partial charge in [-0.1, -0.05) is 66.2 Å². The molecular formula is C30H25NO5S. The molecule has 0 radical (unpaired) electrons. The van der Waals surface area contributed by atoms with Crippen LogP contribution in [0, 0.1) is 13.8 Å². The van der Waals surface area contributed by atoms with E-state index in [9.17, 15) is 19.2 Å². The molecule has 3 aromatic carbocycles. The molecule has 0 aliphatic rings. The Labute approximate surface area is 218 Å². The average Bonchev–Trinajstić information content (AvgIpc) is 3.31. The average molecular weight is 512 g/mol. The van der Waals surface area contributed by atoms with Gasteiger partial charge in [-0.15, -0.1) is 11.3 Å². The SMILES string of the molecule is CCOC(=O)c1c(-c2ccc(C)cc2C)csc1NC(=O)c1ccc(C(=O)C(=O)c2ccccc2)cc1. The van der Waals surface area contributed by atoms with E-state index < -0.39 is 23.4 Å². The van der Waals surface area contributed by atoms with Crippen molar-refractivity contribution in [3.8, 4) is 11.1 Å². The highest BCUT2D eigenvalue weighted by molar-refractivity contribution is 7.15. The second-order valence-electron chi connectivity index (χ2n) is 8.45.